The monoisotopic (exact) mass is 284 g/mol. The molecule has 0 heterocycles. The van der Waals surface area contributed by atoms with E-state index in [1.54, 1.807) is 24.3 Å². The van der Waals surface area contributed by atoms with E-state index in [0.717, 1.165) is 11.1 Å². The van der Waals surface area contributed by atoms with Crippen molar-refractivity contribution in [3.63, 3.8) is 0 Å². The SMILES string of the molecule is O=C(O)CC(Cc1ccc(C(=O)O)cc1)c1ccccc1. The number of hydrogen-bond acceptors (Lipinski definition) is 2. The zero-order valence-corrected chi connectivity index (χ0v) is 11.4. The van der Waals surface area contributed by atoms with E-state index in [9.17, 15) is 9.59 Å². The van der Waals surface area contributed by atoms with Crippen molar-refractivity contribution >= 4 is 11.9 Å². The van der Waals surface area contributed by atoms with Crippen molar-refractivity contribution in [2.75, 3.05) is 0 Å². The van der Waals surface area contributed by atoms with E-state index in [0.29, 0.717) is 6.42 Å². The predicted octanol–water partition coefficient (Wildman–Crippen LogP) is 3.19. The Hall–Kier alpha value is -2.62. The van der Waals surface area contributed by atoms with Crippen LogP contribution in [0, 0.1) is 0 Å². The maximum Gasteiger partial charge on any atom is 0.335 e. The minimum Gasteiger partial charge on any atom is -0.481 e. The Bertz CT molecular complexity index is 617. The molecule has 0 fully saturated rings. The molecular formula is C17H16O4. The summed E-state index contributed by atoms with van der Waals surface area (Å²) in [6.07, 6.45) is 0.612. The van der Waals surface area contributed by atoms with Gasteiger partial charge in [-0.2, -0.15) is 0 Å². The van der Waals surface area contributed by atoms with Gasteiger partial charge in [0.1, 0.15) is 0 Å². The Morgan fingerprint density at radius 3 is 2.05 bits per heavy atom. The lowest BCUT2D eigenvalue weighted by Crippen LogP contribution is -2.09. The second kappa shape index (κ2) is 6.70. The molecule has 0 saturated heterocycles. The summed E-state index contributed by atoms with van der Waals surface area (Å²) in [4.78, 5) is 21.9. The number of rotatable bonds is 6. The third-order valence-electron chi connectivity index (χ3n) is 3.37. The first-order valence-electron chi connectivity index (χ1n) is 6.65. The largest absolute Gasteiger partial charge is 0.481 e. The molecule has 0 spiro atoms. The van der Waals surface area contributed by atoms with Gasteiger partial charge in [0.15, 0.2) is 0 Å². The highest BCUT2D eigenvalue weighted by atomic mass is 16.4. The Balaban J connectivity index is 2.18. The Labute approximate surface area is 122 Å². The lowest BCUT2D eigenvalue weighted by Gasteiger charge is -2.15. The molecule has 0 aromatic heterocycles. The molecule has 0 radical (unpaired) electrons. The summed E-state index contributed by atoms with van der Waals surface area (Å²) in [6.45, 7) is 0. The van der Waals surface area contributed by atoms with Crippen LogP contribution in [0.15, 0.2) is 54.6 Å². The average molecular weight is 284 g/mol. The van der Waals surface area contributed by atoms with Crippen molar-refractivity contribution in [3.8, 4) is 0 Å². The minimum atomic E-state index is -0.966. The molecule has 0 saturated carbocycles. The summed E-state index contributed by atoms with van der Waals surface area (Å²) in [5.41, 5.74) is 2.13. The molecule has 0 bridgehead atoms. The van der Waals surface area contributed by atoms with Crippen molar-refractivity contribution in [2.24, 2.45) is 0 Å². The zero-order valence-electron chi connectivity index (χ0n) is 11.4. The summed E-state index contributed by atoms with van der Waals surface area (Å²) in [5.74, 6) is -1.93. The fourth-order valence-corrected chi connectivity index (χ4v) is 2.31. The molecule has 0 aliphatic carbocycles. The van der Waals surface area contributed by atoms with Gasteiger partial charge in [-0.25, -0.2) is 4.79 Å². The Morgan fingerprint density at radius 2 is 1.52 bits per heavy atom. The summed E-state index contributed by atoms with van der Waals surface area (Å²) < 4.78 is 0. The fraction of sp³-hybridized carbons (Fsp3) is 0.176. The van der Waals surface area contributed by atoms with Crippen LogP contribution < -0.4 is 0 Å². The van der Waals surface area contributed by atoms with Gasteiger partial charge in [-0.1, -0.05) is 42.5 Å². The van der Waals surface area contributed by atoms with Crippen LogP contribution in [-0.2, 0) is 11.2 Å². The molecule has 2 aromatic carbocycles. The molecular weight excluding hydrogens is 268 g/mol. The van der Waals surface area contributed by atoms with Crippen molar-refractivity contribution in [1.29, 1.82) is 0 Å². The normalized spacial score (nSPS) is 11.8. The summed E-state index contributed by atoms with van der Waals surface area (Å²) in [5, 5.41) is 17.9. The van der Waals surface area contributed by atoms with E-state index >= 15 is 0 Å². The van der Waals surface area contributed by atoms with Gasteiger partial charge in [-0.05, 0) is 35.6 Å². The number of aromatic carboxylic acids is 1. The van der Waals surface area contributed by atoms with Gasteiger partial charge in [-0.3, -0.25) is 4.79 Å². The lowest BCUT2D eigenvalue weighted by molar-refractivity contribution is -0.137. The standard InChI is InChI=1S/C17H16O4/c18-16(19)11-15(13-4-2-1-3-5-13)10-12-6-8-14(9-7-12)17(20)21/h1-9,15H,10-11H2,(H,18,19)(H,20,21). The molecule has 21 heavy (non-hydrogen) atoms. The van der Waals surface area contributed by atoms with Crippen molar-refractivity contribution in [2.45, 2.75) is 18.8 Å². The highest BCUT2D eigenvalue weighted by Gasteiger charge is 2.16. The van der Waals surface area contributed by atoms with Gasteiger partial charge in [-0.15, -0.1) is 0 Å². The molecule has 1 atom stereocenters. The maximum atomic E-state index is 11.0. The van der Waals surface area contributed by atoms with E-state index in [-0.39, 0.29) is 17.9 Å². The third kappa shape index (κ3) is 4.18. The minimum absolute atomic E-state index is 0.0463. The molecule has 2 aromatic rings. The number of aliphatic carboxylic acids is 1. The number of carboxylic acids is 2. The van der Waals surface area contributed by atoms with Gasteiger partial charge in [0.05, 0.1) is 12.0 Å². The second-order valence-electron chi connectivity index (χ2n) is 4.91. The summed E-state index contributed by atoms with van der Waals surface area (Å²) >= 11 is 0. The predicted molar refractivity (Wildman–Crippen MR) is 78.5 cm³/mol. The van der Waals surface area contributed by atoms with Crippen molar-refractivity contribution in [1.82, 2.24) is 0 Å². The molecule has 108 valence electrons. The smallest absolute Gasteiger partial charge is 0.335 e. The van der Waals surface area contributed by atoms with Crippen LogP contribution in [0.2, 0.25) is 0 Å². The van der Waals surface area contributed by atoms with Crippen LogP contribution in [0.5, 0.6) is 0 Å². The van der Waals surface area contributed by atoms with Crippen molar-refractivity contribution < 1.29 is 19.8 Å². The number of carbonyl (C=O) groups is 2. The third-order valence-corrected chi connectivity index (χ3v) is 3.37. The van der Waals surface area contributed by atoms with E-state index in [2.05, 4.69) is 0 Å². The van der Waals surface area contributed by atoms with Crippen LogP contribution >= 0.6 is 0 Å². The van der Waals surface area contributed by atoms with Crippen LogP contribution in [0.25, 0.3) is 0 Å². The number of benzene rings is 2. The molecule has 4 nitrogen and oxygen atoms in total. The quantitative estimate of drug-likeness (QED) is 0.854. The number of hydrogen-bond donors (Lipinski definition) is 2. The molecule has 0 aliphatic rings. The summed E-state index contributed by atoms with van der Waals surface area (Å²) in [7, 11) is 0. The Morgan fingerprint density at radius 1 is 0.905 bits per heavy atom. The van der Waals surface area contributed by atoms with E-state index in [1.807, 2.05) is 30.3 Å². The molecule has 1 unspecified atom stereocenters. The molecule has 0 amide bonds. The zero-order chi connectivity index (χ0) is 15.2. The average Bonchev–Trinajstić information content (AvgIpc) is 2.47. The van der Waals surface area contributed by atoms with E-state index < -0.39 is 11.9 Å². The van der Waals surface area contributed by atoms with Gasteiger partial charge in [0.25, 0.3) is 0 Å². The maximum absolute atomic E-state index is 11.0. The Kier molecular flexibility index (Phi) is 4.72. The van der Waals surface area contributed by atoms with Crippen molar-refractivity contribution in [3.05, 3.63) is 71.3 Å². The van der Waals surface area contributed by atoms with Crippen LogP contribution in [-0.4, -0.2) is 22.2 Å². The van der Waals surface area contributed by atoms with Gasteiger partial charge < -0.3 is 10.2 Å². The first-order chi connectivity index (χ1) is 10.1. The van der Waals surface area contributed by atoms with E-state index in [1.165, 1.54) is 0 Å². The number of carboxylic acid groups (broad SMARTS) is 2. The van der Waals surface area contributed by atoms with Gasteiger partial charge >= 0.3 is 11.9 Å². The summed E-state index contributed by atoms with van der Waals surface area (Å²) in [6, 6.07) is 16.1. The molecule has 2 N–H and O–H groups in total. The van der Waals surface area contributed by atoms with Gasteiger partial charge in [0, 0.05) is 0 Å². The first-order valence-corrected chi connectivity index (χ1v) is 6.65. The van der Waals surface area contributed by atoms with Gasteiger partial charge in [0.2, 0.25) is 0 Å². The topological polar surface area (TPSA) is 74.6 Å². The molecule has 2 rings (SSSR count). The van der Waals surface area contributed by atoms with Crippen LogP contribution in [0.3, 0.4) is 0 Å². The van der Waals surface area contributed by atoms with Crippen LogP contribution in [0.4, 0.5) is 0 Å². The second-order valence-corrected chi connectivity index (χ2v) is 4.91. The molecule has 4 heteroatoms. The highest BCUT2D eigenvalue weighted by molar-refractivity contribution is 5.87. The lowest BCUT2D eigenvalue weighted by atomic mass is 9.89. The van der Waals surface area contributed by atoms with Crippen LogP contribution in [0.1, 0.15) is 33.8 Å². The fourth-order valence-electron chi connectivity index (χ4n) is 2.31. The first kappa shape index (κ1) is 14.8. The highest BCUT2D eigenvalue weighted by Crippen LogP contribution is 2.24. The van der Waals surface area contributed by atoms with E-state index in [4.69, 9.17) is 10.2 Å². The molecule has 0 aliphatic heterocycles.